The average Bonchev–Trinajstić information content (AvgIpc) is 3.41. The lowest BCUT2D eigenvalue weighted by Gasteiger charge is -2.52. The Morgan fingerprint density at radius 1 is 1.17 bits per heavy atom. The molecule has 1 aliphatic heterocycles. The number of nitrogens with zero attached hydrogens (tertiary/aromatic N) is 1. The molecule has 0 unspecified atom stereocenters. The van der Waals surface area contributed by atoms with Crippen LogP contribution in [-0.4, -0.2) is 47.6 Å². The van der Waals surface area contributed by atoms with Crippen molar-refractivity contribution in [3.05, 3.63) is 35.4 Å². The number of carbonyl (C=O) groups is 2. The number of hydrogen-bond acceptors (Lipinski definition) is 3. The molecule has 2 aliphatic carbocycles. The predicted molar refractivity (Wildman–Crippen MR) is 118 cm³/mol. The van der Waals surface area contributed by atoms with Gasteiger partial charge in [0.25, 0.3) is 5.91 Å². The quantitative estimate of drug-likeness (QED) is 0.675. The van der Waals surface area contributed by atoms with Gasteiger partial charge in [-0.3, -0.25) is 9.59 Å². The Kier molecular flexibility index (Phi) is 6.47. The SMILES string of the molecule is CC(C)OCCCNC(=O)[C@@H]1c2ccccc2C(=O)N(C2CCCC2)C12CCCC2. The van der Waals surface area contributed by atoms with Gasteiger partial charge in [0.15, 0.2) is 0 Å². The Bertz CT molecular complexity index is 763. The lowest BCUT2D eigenvalue weighted by Crippen LogP contribution is -2.63. The molecule has 2 amide bonds. The molecular formula is C25H36N2O3. The standard InChI is InChI=1S/C25H36N2O3/c1-18(2)30-17-9-16-26-23(28)22-20-12-5-6-13-21(20)24(29)27(19-10-3-4-11-19)25(22)14-7-8-15-25/h5-6,12-13,18-19,22H,3-4,7-11,14-17H2,1-2H3,(H,26,28)/t22-/m0/s1. The summed E-state index contributed by atoms with van der Waals surface area (Å²) in [6.45, 7) is 5.31. The van der Waals surface area contributed by atoms with E-state index in [-0.39, 0.29) is 35.4 Å². The highest BCUT2D eigenvalue weighted by Crippen LogP contribution is 2.52. The van der Waals surface area contributed by atoms with Crippen molar-refractivity contribution in [3.63, 3.8) is 0 Å². The van der Waals surface area contributed by atoms with Crippen molar-refractivity contribution in [2.24, 2.45) is 0 Å². The first-order valence-electron chi connectivity index (χ1n) is 11.9. The fraction of sp³-hybridized carbons (Fsp3) is 0.680. The first-order valence-corrected chi connectivity index (χ1v) is 11.9. The fourth-order valence-corrected chi connectivity index (χ4v) is 6.00. The van der Waals surface area contributed by atoms with Crippen LogP contribution in [0.5, 0.6) is 0 Å². The molecule has 1 aromatic rings. The van der Waals surface area contributed by atoms with Gasteiger partial charge in [-0.15, -0.1) is 0 Å². The summed E-state index contributed by atoms with van der Waals surface area (Å²) in [6, 6.07) is 8.09. The summed E-state index contributed by atoms with van der Waals surface area (Å²) in [7, 11) is 0. The highest BCUT2D eigenvalue weighted by atomic mass is 16.5. The number of ether oxygens (including phenoxy) is 1. The molecule has 1 aromatic carbocycles. The second kappa shape index (κ2) is 9.09. The number of benzene rings is 1. The Labute approximate surface area is 180 Å². The largest absolute Gasteiger partial charge is 0.379 e. The van der Waals surface area contributed by atoms with Gasteiger partial charge in [0.05, 0.1) is 17.6 Å². The molecule has 0 radical (unpaired) electrons. The zero-order valence-electron chi connectivity index (χ0n) is 18.5. The zero-order chi connectivity index (χ0) is 21.1. The van der Waals surface area contributed by atoms with Gasteiger partial charge >= 0.3 is 0 Å². The maximum absolute atomic E-state index is 13.7. The van der Waals surface area contributed by atoms with Gasteiger partial charge in [-0.1, -0.05) is 43.9 Å². The van der Waals surface area contributed by atoms with Crippen LogP contribution in [0.1, 0.15) is 93.5 Å². The van der Waals surface area contributed by atoms with Crippen molar-refractivity contribution < 1.29 is 14.3 Å². The molecule has 164 valence electrons. The smallest absolute Gasteiger partial charge is 0.254 e. The van der Waals surface area contributed by atoms with E-state index in [4.69, 9.17) is 4.74 Å². The average molecular weight is 413 g/mol. The molecule has 3 aliphatic rings. The molecule has 0 aromatic heterocycles. The van der Waals surface area contributed by atoms with Crippen molar-refractivity contribution in [1.29, 1.82) is 0 Å². The minimum atomic E-state index is -0.362. The lowest BCUT2D eigenvalue weighted by atomic mass is 9.70. The van der Waals surface area contributed by atoms with Crippen LogP contribution >= 0.6 is 0 Å². The van der Waals surface area contributed by atoms with Crippen LogP contribution in [-0.2, 0) is 9.53 Å². The molecule has 1 N–H and O–H groups in total. The Hall–Kier alpha value is -1.88. The molecular weight excluding hydrogens is 376 g/mol. The first-order chi connectivity index (χ1) is 14.5. The molecule has 0 saturated heterocycles. The van der Waals surface area contributed by atoms with Crippen molar-refractivity contribution in [2.75, 3.05) is 13.2 Å². The Morgan fingerprint density at radius 3 is 2.57 bits per heavy atom. The van der Waals surface area contributed by atoms with Crippen molar-refractivity contribution in [3.8, 4) is 0 Å². The molecule has 2 fully saturated rings. The summed E-state index contributed by atoms with van der Waals surface area (Å²) in [4.78, 5) is 29.5. The van der Waals surface area contributed by atoms with E-state index in [1.54, 1.807) is 0 Å². The third-order valence-corrected chi connectivity index (χ3v) is 7.23. The maximum Gasteiger partial charge on any atom is 0.254 e. The van der Waals surface area contributed by atoms with Crippen LogP contribution in [0, 0.1) is 0 Å². The van der Waals surface area contributed by atoms with Crippen molar-refractivity contribution in [1.82, 2.24) is 10.2 Å². The second-order valence-electron chi connectivity index (χ2n) is 9.51. The number of amides is 2. The third-order valence-electron chi connectivity index (χ3n) is 7.23. The Balaban J connectivity index is 1.63. The van der Waals surface area contributed by atoms with Crippen LogP contribution in [0.25, 0.3) is 0 Å². The van der Waals surface area contributed by atoms with E-state index in [1.165, 1.54) is 12.8 Å². The van der Waals surface area contributed by atoms with Gasteiger partial charge in [-0.2, -0.15) is 0 Å². The van der Waals surface area contributed by atoms with Gasteiger partial charge in [0, 0.05) is 24.8 Å². The molecule has 0 bridgehead atoms. The molecule has 1 atom stereocenters. The van der Waals surface area contributed by atoms with Gasteiger partial charge in [-0.25, -0.2) is 0 Å². The predicted octanol–water partition coefficient (Wildman–Crippen LogP) is 4.41. The number of fused-ring (bicyclic) bond motifs is 1. The molecule has 1 heterocycles. The van der Waals surface area contributed by atoms with Gasteiger partial charge < -0.3 is 15.0 Å². The van der Waals surface area contributed by atoms with Crippen LogP contribution in [0.2, 0.25) is 0 Å². The summed E-state index contributed by atoms with van der Waals surface area (Å²) in [5.74, 6) is -0.0568. The summed E-state index contributed by atoms with van der Waals surface area (Å²) in [5, 5.41) is 3.19. The van der Waals surface area contributed by atoms with E-state index in [0.29, 0.717) is 13.2 Å². The van der Waals surface area contributed by atoms with Crippen LogP contribution in [0.4, 0.5) is 0 Å². The summed E-state index contributed by atoms with van der Waals surface area (Å²) >= 11 is 0. The lowest BCUT2D eigenvalue weighted by molar-refractivity contribution is -0.127. The molecule has 30 heavy (non-hydrogen) atoms. The van der Waals surface area contributed by atoms with E-state index < -0.39 is 0 Å². The fourth-order valence-electron chi connectivity index (χ4n) is 6.00. The van der Waals surface area contributed by atoms with E-state index in [1.807, 2.05) is 38.1 Å². The summed E-state index contributed by atoms with van der Waals surface area (Å²) in [5.41, 5.74) is 1.29. The van der Waals surface area contributed by atoms with Crippen LogP contribution in [0.3, 0.4) is 0 Å². The van der Waals surface area contributed by atoms with Gasteiger partial charge in [0.2, 0.25) is 5.91 Å². The maximum atomic E-state index is 13.7. The molecule has 5 nitrogen and oxygen atoms in total. The molecule has 1 spiro atoms. The Morgan fingerprint density at radius 2 is 1.87 bits per heavy atom. The summed E-state index contributed by atoms with van der Waals surface area (Å²) in [6.07, 6.45) is 9.53. The monoisotopic (exact) mass is 412 g/mol. The van der Waals surface area contributed by atoms with Crippen molar-refractivity contribution in [2.45, 2.75) is 95.2 Å². The van der Waals surface area contributed by atoms with E-state index in [2.05, 4.69) is 10.2 Å². The number of hydrogen-bond donors (Lipinski definition) is 1. The normalized spacial score (nSPS) is 23.4. The number of nitrogens with one attached hydrogen (secondary N) is 1. The summed E-state index contributed by atoms with van der Waals surface area (Å²) < 4.78 is 5.61. The first kappa shape index (κ1) is 21.4. The van der Waals surface area contributed by atoms with Crippen LogP contribution in [0.15, 0.2) is 24.3 Å². The number of rotatable bonds is 7. The van der Waals surface area contributed by atoms with Crippen LogP contribution < -0.4 is 5.32 Å². The van der Waals surface area contributed by atoms with E-state index in [0.717, 1.165) is 56.1 Å². The highest BCUT2D eigenvalue weighted by Gasteiger charge is 2.57. The minimum absolute atomic E-state index is 0.0735. The van der Waals surface area contributed by atoms with Gasteiger partial charge in [0.1, 0.15) is 0 Å². The van der Waals surface area contributed by atoms with E-state index in [9.17, 15) is 9.59 Å². The minimum Gasteiger partial charge on any atom is -0.379 e. The second-order valence-corrected chi connectivity index (χ2v) is 9.51. The molecule has 5 heteroatoms. The topological polar surface area (TPSA) is 58.6 Å². The van der Waals surface area contributed by atoms with Crippen molar-refractivity contribution >= 4 is 11.8 Å². The molecule has 2 saturated carbocycles. The zero-order valence-corrected chi connectivity index (χ0v) is 18.5. The number of carbonyl (C=O) groups excluding carboxylic acids is 2. The van der Waals surface area contributed by atoms with Gasteiger partial charge in [-0.05, 0) is 57.6 Å². The third kappa shape index (κ3) is 3.89. The van der Waals surface area contributed by atoms with E-state index >= 15 is 0 Å². The highest BCUT2D eigenvalue weighted by molar-refractivity contribution is 6.02. The molecule has 4 rings (SSSR count).